The molecule has 0 aliphatic carbocycles. The average molecular weight is 416 g/mol. The summed E-state index contributed by atoms with van der Waals surface area (Å²) in [6, 6.07) is 14.3. The van der Waals surface area contributed by atoms with Gasteiger partial charge >= 0.3 is 5.97 Å². The van der Waals surface area contributed by atoms with Crippen molar-refractivity contribution < 1.29 is 22.7 Å². The van der Waals surface area contributed by atoms with Gasteiger partial charge in [0.1, 0.15) is 0 Å². The van der Waals surface area contributed by atoms with E-state index in [1.165, 1.54) is 10.6 Å². The number of hydrogen-bond acceptors (Lipinski definition) is 5. The first-order valence-electron chi connectivity index (χ1n) is 9.66. The molecular weight excluding hydrogens is 390 g/mol. The number of sulfonamides is 1. The zero-order valence-electron chi connectivity index (χ0n) is 16.6. The van der Waals surface area contributed by atoms with E-state index in [4.69, 9.17) is 4.74 Å². The van der Waals surface area contributed by atoms with E-state index in [9.17, 15) is 18.0 Å². The third-order valence-electron chi connectivity index (χ3n) is 5.12. The Bertz CT molecular complexity index is 1000. The lowest BCUT2D eigenvalue weighted by molar-refractivity contribution is -0.144. The molecule has 7 heteroatoms. The number of nitrogens with zero attached hydrogens (tertiary/aromatic N) is 1. The van der Waals surface area contributed by atoms with Crippen molar-refractivity contribution in [2.24, 2.45) is 0 Å². The Balaban J connectivity index is 1.69. The maximum absolute atomic E-state index is 12.6. The van der Waals surface area contributed by atoms with Gasteiger partial charge < -0.3 is 4.74 Å². The van der Waals surface area contributed by atoms with Crippen molar-refractivity contribution in [1.82, 2.24) is 0 Å². The fourth-order valence-electron chi connectivity index (χ4n) is 3.62. The van der Waals surface area contributed by atoms with Gasteiger partial charge in [0.05, 0.1) is 17.9 Å². The fourth-order valence-corrected chi connectivity index (χ4v) is 4.62. The highest BCUT2D eigenvalue weighted by molar-refractivity contribution is 7.92. The Morgan fingerprint density at radius 2 is 1.86 bits per heavy atom. The number of fused-ring (bicyclic) bond motifs is 1. The fraction of sp³-hybridized carbons (Fsp3) is 0.364. The van der Waals surface area contributed by atoms with Gasteiger partial charge in [0, 0.05) is 12.1 Å². The summed E-state index contributed by atoms with van der Waals surface area (Å²) < 4.78 is 30.6. The number of carbonyl (C=O) groups is 2. The number of Topliss-reactive ketones (excluding diaryl/α,β-unsaturated/α-hetero) is 1. The number of benzene rings is 2. The van der Waals surface area contributed by atoms with Gasteiger partial charge in [-0.2, -0.15) is 0 Å². The van der Waals surface area contributed by atoms with Crippen LogP contribution in [-0.4, -0.2) is 39.6 Å². The zero-order chi connectivity index (χ0) is 21.0. The molecule has 1 unspecified atom stereocenters. The van der Waals surface area contributed by atoms with Gasteiger partial charge in [0.15, 0.2) is 12.4 Å². The molecule has 0 radical (unpaired) electrons. The van der Waals surface area contributed by atoms with Crippen molar-refractivity contribution in [1.29, 1.82) is 0 Å². The molecule has 2 aromatic carbocycles. The third kappa shape index (κ3) is 4.85. The van der Waals surface area contributed by atoms with Crippen LogP contribution in [0.15, 0.2) is 48.5 Å². The molecule has 0 amide bonds. The molecule has 0 aromatic heterocycles. The number of anilines is 1. The van der Waals surface area contributed by atoms with E-state index < -0.39 is 21.9 Å². The van der Waals surface area contributed by atoms with Crippen LogP contribution in [0.5, 0.6) is 0 Å². The van der Waals surface area contributed by atoms with Crippen molar-refractivity contribution in [2.45, 2.75) is 32.1 Å². The molecule has 1 aliphatic rings. The van der Waals surface area contributed by atoms with Gasteiger partial charge in [-0.05, 0) is 48.6 Å². The molecule has 6 nitrogen and oxygen atoms in total. The average Bonchev–Trinajstić information content (AvgIpc) is 2.71. The molecule has 0 saturated carbocycles. The summed E-state index contributed by atoms with van der Waals surface area (Å²) in [4.78, 5) is 25.0. The van der Waals surface area contributed by atoms with Gasteiger partial charge in [0.2, 0.25) is 10.0 Å². The number of esters is 1. The van der Waals surface area contributed by atoms with E-state index in [-0.39, 0.29) is 12.4 Å². The van der Waals surface area contributed by atoms with Gasteiger partial charge in [-0.3, -0.25) is 13.9 Å². The topological polar surface area (TPSA) is 80.8 Å². The minimum absolute atomic E-state index is 0.305. The maximum Gasteiger partial charge on any atom is 0.313 e. The number of ketones is 1. The maximum atomic E-state index is 12.6. The molecule has 1 aliphatic heterocycles. The van der Waals surface area contributed by atoms with Crippen LogP contribution < -0.4 is 4.31 Å². The Labute approximate surface area is 171 Å². The van der Waals surface area contributed by atoms with Crippen LogP contribution in [0.1, 0.15) is 47.2 Å². The minimum atomic E-state index is -3.35. The Kier molecular flexibility index (Phi) is 6.37. The summed E-state index contributed by atoms with van der Waals surface area (Å²) >= 11 is 0. The molecule has 0 saturated heterocycles. The summed E-state index contributed by atoms with van der Waals surface area (Å²) in [5.41, 5.74) is 2.71. The largest absolute Gasteiger partial charge is 0.457 e. The molecule has 2 aromatic rings. The molecular formula is C22H25NO5S. The second-order valence-electron chi connectivity index (χ2n) is 7.18. The third-order valence-corrected chi connectivity index (χ3v) is 6.30. The first kappa shape index (κ1) is 21.0. The molecule has 0 spiro atoms. The number of hydrogen-bond donors (Lipinski definition) is 0. The molecule has 0 fully saturated rings. The van der Waals surface area contributed by atoms with Crippen LogP contribution in [0.25, 0.3) is 0 Å². The van der Waals surface area contributed by atoms with Crippen molar-refractivity contribution >= 4 is 27.5 Å². The first-order chi connectivity index (χ1) is 13.8. The van der Waals surface area contributed by atoms with E-state index in [2.05, 4.69) is 0 Å². The van der Waals surface area contributed by atoms with Crippen molar-refractivity contribution in [3.8, 4) is 0 Å². The molecule has 154 valence electrons. The summed E-state index contributed by atoms with van der Waals surface area (Å²) in [6.07, 6.45) is 3.16. The van der Waals surface area contributed by atoms with Crippen molar-refractivity contribution in [3.05, 3.63) is 65.2 Å². The minimum Gasteiger partial charge on any atom is -0.457 e. The quantitative estimate of drug-likeness (QED) is 0.512. The number of aryl methyl sites for hydroxylation is 1. The van der Waals surface area contributed by atoms with Crippen LogP contribution in [0.3, 0.4) is 0 Å². The highest BCUT2D eigenvalue weighted by Crippen LogP contribution is 2.30. The van der Waals surface area contributed by atoms with Crippen LogP contribution in [0.2, 0.25) is 0 Å². The Morgan fingerprint density at radius 3 is 2.52 bits per heavy atom. The van der Waals surface area contributed by atoms with Gasteiger partial charge in [0.25, 0.3) is 0 Å². The lowest BCUT2D eigenvalue weighted by Crippen LogP contribution is -2.34. The predicted molar refractivity (Wildman–Crippen MR) is 112 cm³/mol. The van der Waals surface area contributed by atoms with E-state index in [1.54, 1.807) is 18.2 Å². The zero-order valence-corrected chi connectivity index (χ0v) is 17.4. The van der Waals surface area contributed by atoms with Crippen LogP contribution >= 0.6 is 0 Å². The van der Waals surface area contributed by atoms with Gasteiger partial charge in [-0.25, -0.2) is 8.42 Å². The standard InChI is InChI=1S/C22H25NO5S/c1-3-19(16-8-5-4-6-9-16)22(25)28-15-21(24)18-11-12-20-17(14-18)10-7-13-23(20)29(2,26)27/h4-6,8-9,11-12,14,19H,3,7,10,13,15H2,1-2H3. The number of carbonyl (C=O) groups excluding carboxylic acids is 2. The second kappa shape index (κ2) is 8.78. The summed E-state index contributed by atoms with van der Waals surface area (Å²) in [5, 5.41) is 0. The normalized spacial score (nSPS) is 14.8. The van der Waals surface area contributed by atoms with Crippen molar-refractivity contribution in [2.75, 3.05) is 23.7 Å². The second-order valence-corrected chi connectivity index (χ2v) is 9.09. The smallest absolute Gasteiger partial charge is 0.313 e. The Morgan fingerprint density at radius 1 is 1.14 bits per heavy atom. The van der Waals surface area contributed by atoms with Gasteiger partial charge in [-0.15, -0.1) is 0 Å². The summed E-state index contributed by atoms with van der Waals surface area (Å²) in [6.45, 7) is 2.00. The molecule has 3 rings (SSSR count). The van der Waals surface area contributed by atoms with Crippen LogP contribution in [0.4, 0.5) is 5.69 Å². The molecule has 0 bridgehead atoms. The van der Waals surface area contributed by atoms with Crippen LogP contribution in [-0.2, 0) is 26.0 Å². The van der Waals surface area contributed by atoms with E-state index in [1.807, 2.05) is 37.3 Å². The van der Waals surface area contributed by atoms with Crippen LogP contribution in [0, 0.1) is 0 Å². The first-order valence-corrected chi connectivity index (χ1v) is 11.5. The molecule has 0 N–H and O–H groups in total. The Hall–Kier alpha value is -2.67. The molecule has 1 heterocycles. The highest BCUT2D eigenvalue weighted by atomic mass is 32.2. The van der Waals surface area contributed by atoms with Gasteiger partial charge in [-0.1, -0.05) is 37.3 Å². The number of ether oxygens (including phenoxy) is 1. The van der Waals surface area contributed by atoms with E-state index >= 15 is 0 Å². The predicted octanol–water partition coefficient (Wildman–Crippen LogP) is 3.32. The monoisotopic (exact) mass is 415 g/mol. The van der Waals surface area contributed by atoms with E-state index in [0.29, 0.717) is 37.1 Å². The highest BCUT2D eigenvalue weighted by Gasteiger charge is 2.25. The number of rotatable bonds is 7. The lowest BCUT2D eigenvalue weighted by Gasteiger charge is -2.29. The summed E-state index contributed by atoms with van der Waals surface area (Å²) in [7, 11) is -3.35. The SMILES string of the molecule is CCC(C(=O)OCC(=O)c1ccc2c(c1)CCCN2S(C)(=O)=O)c1ccccc1. The van der Waals surface area contributed by atoms with Crippen molar-refractivity contribution in [3.63, 3.8) is 0 Å². The summed E-state index contributed by atoms with van der Waals surface area (Å²) in [5.74, 6) is -1.13. The molecule has 29 heavy (non-hydrogen) atoms. The molecule has 1 atom stereocenters. The van der Waals surface area contributed by atoms with E-state index in [0.717, 1.165) is 11.1 Å². The lowest BCUT2D eigenvalue weighted by atomic mass is 9.97.